The van der Waals surface area contributed by atoms with Gasteiger partial charge in [0.05, 0.1) is 10.4 Å². The minimum atomic E-state index is -0.585. The summed E-state index contributed by atoms with van der Waals surface area (Å²) in [5.41, 5.74) is 5.78. The first-order valence-electron chi connectivity index (χ1n) is 4.91. The van der Waals surface area contributed by atoms with E-state index in [1.54, 1.807) is 0 Å². The van der Waals surface area contributed by atoms with Crippen LogP contribution in [0.25, 0.3) is 0 Å². The summed E-state index contributed by atoms with van der Waals surface area (Å²) >= 11 is 7.14. The highest BCUT2D eigenvalue weighted by atomic mass is 127. The van der Waals surface area contributed by atoms with Crippen LogP contribution in [0.1, 0.15) is 12.8 Å². The number of amides is 1. The van der Waals surface area contributed by atoms with Gasteiger partial charge in [0.2, 0.25) is 5.91 Å². The van der Waals surface area contributed by atoms with Gasteiger partial charge in [0.1, 0.15) is 0 Å². The summed E-state index contributed by atoms with van der Waals surface area (Å²) in [6.45, 7) is 0. The van der Waals surface area contributed by atoms with Crippen molar-refractivity contribution in [2.24, 2.45) is 11.1 Å². The molecule has 0 bridgehead atoms. The molecule has 16 heavy (non-hydrogen) atoms. The number of rotatable bonds is 3. The number of halogens is 1. The SMILES string of the molecule is NC(=S)C1(C(=O)Nc2ccc(I)cc2)CC1. The lowest BCUT2D eigenvalue weighted by Gasteiger charge is -2.13. The summed E-state index contributed by atoms with van der Waals surface area (Å²) in [6, 6.07) is 7.62. The third-order valence-corrected chi connectivity index (χ3v) is 3.87. The number of hydrogen-bond donors (Lipinski definition) is 2. The fourth-order valence-corrected chi connectivity index (χ4v) is 2.15. The Labute approximate surface area is 113 Å². The monoisotopic (exact) mass is 346 g/mol. The number of nitrogens with one attached hydrogen (secondary N) is 1. The zero-order valence-corrected chi connectivity index (χ0v) is 11.5. The van der Waals surface area contributed by atoms with E-state index in [1.165, 1.54) is 0 Å². The fraction of sp³-hybridized carbons (Fsp3) is 0.273. The zero-order valence-electron chi connectivity index (χ0n) is 8.50. The molecule has 3 nitrogen and oxygen atoms in total. The average molecular weight is 346 g/mol. The Morgan fingerprint density at radius 3 is 2.38 bits per heavy atom. The average Bonchev–Trinajstić information content (AvgIpc) is 3.02. The van der Waals surface area contributed by atoms with Gasteiger partial charge in [0.25, 0.3) is 0 Å². The molecule has 1 aliphatic carbocycles. The Morgan fingerprint density at radius 2 is 1.94 bits per heavy atom. The van der Waals surface area contributed by atoms with Gasteiger partial charge in [-0.3, -0.25) is 4.79 Å². The number of thiocarbonyl (C=S) groups is 1. The van der Waals surface area contributed by atoms with Crippen LogP contribution in [0.15, 0.2) is 24.3 Å². The van der Waals surface area contributed by atoms with Crippen LogP contribution in [-0.2, 0) is 4.79 Å². The van der Waals surface area contributed by atoms with Crippen molar-refractivity contribution >= 4 is 51.4 Å². The molecule has 0 unspecified atom stereocenters. The van der Waals surface area contributed by atoms with Crippen molar-refractivity contribution in [3.05, 3.63) is 27.8 Å². The number of benzene rings is 1. The number of hydrogen-bond acceptors (Lipinski definition) is 2. The van der Waals surface area contributed by atoms with Gasteiger partial charge in [0, 0.05) is 9.26 Å². The molecule has 1 aromatic carbocycles. The molecule has 0 aliphatic heterocycles. The van der Waals surface area contributed by atoms with Crippen LogP contribution in [0.2, 0.25) is 0 Å². The van der Waals surface area contributed by atoms with Crippen molar-refractivity contribution in [2.45, 2.75) is 12.8 Å². The highest BCUT2D eigenvalue weighted by molar-refractivity contribution is 14.1. The maximum absolute atomic E-state index is 11.9. The fourth-order valence-electron chi connectivity index (χ4n) is 1.49. The van der Waals surface area contributed by atoms with E-state index in [-0.39, 0.29) is 5.91 Å². The van der Waals surface area contributed by atoms with Gasteiger partial charge in [-0.05, 0) is 59.7 Å². The van der Waals surface area contributed by atoms with Crippen LogP contribution in [0.4, 0.5) is 5.69 Å². The molecule has 1 fully saturated rings. The van der Waals surface area contributed by atoms with E-state index in [0.29, 0.717) is 4.99 Å². The molecule has 5 heteroatoms. The van der Waals surface area contributed by atoms with E-state index in [9.17, 15) is 4.79 Å². The van der Waals surface area contributed by atoms with Crippen LogP contribution in [0.3, 0.4) is 0 Å². The van der Waals surface area contributed by atoms with Gasteiger partial charge in [-0.25, -0.2) is 0 Å². The zero-order chi connectivity index (χ0) is 11.8. The second-order valence-corrected chi connectivity index (χ2v) is 5.59. The van der Waals surface area contributed by atoms with Gasteiger partial charge in [-0.2, -0.15) is 0 Å². The van der Waals surface area contributed by atoms with E-state index in [2.05, 4.69) is 27.9 Å². The standard InChI is InChI=1S/C11H11IN2OS/c12-7-1-3-8(4-2-7)14-10(15)11(5-6-11)9(13)16/h1-4H,5-6H2,(H2,13,16)(H,14,15). The first-order chi connectivity index (χ1) is 7.54. The topological polar surface area (TPSA) is 55.1 Å². The summed E-state index contributed by atoms with van der Waals surface area (Å²) in [7, 11) is 0. The van der Waals surface area contributed by atoms with Crippen LogP contribution < -0.4 is 11.1 Å². The molecule has 0 spiro atoms. The lowest BCUT2D eigenvalue weighted by molar-refractivity contribution is -0.118. The summed E-state index contributed by atoms with van der Waals surface area (Å²) < 4.78 is 1.13. The first-order valence-corrected chi connectivity index (χ1v) is 6.40. The Kier molecular flexibility index (Phi) is 3.16. The highest BCUT2D eigenvalue weighted by Gasteiger charge is 2.52. The highest BCUT2D eigenvalue weighted by Crippen LogP contribution is 2.46. The molecule has 0 radical (unpaired) electrons. The van der Waals surface area contributed by atoms with Crippen molar-refractivity contribution < 1.29 is 4.79 Å². The molecular weight excluding hydrogens is 335 g/mol. The third kappa shape index (κ3) is 2.20. The number of anilines is 1. The second-order valence-electron chi connectivity index (χ2n) is 3.91. The largest absolute Gasteiger partial charge is 0.392 e. The predicted molar refractivity (Wildman–Crippen MR) is 76.2 cm³/mol. The van der Waals surface area contributed by atoms with Gasteiger partial charge < -0.3 is 11.1 Å². The molecular formula is C11H11IN2OS. The Hall–Kier alpha value is -0.690. The molecule has 0 atom stereocenters. The lowest BCUT2D eigenvalue weighted by atomic mass is 10.1. The number of carbonyl (C=O) groups excluding carboxylic acids is 1. The first kappa shape index (κ1) is 11.8. The van der Waals surface area contributed by atoms with Crippen molar-refractivity contribution in [1.82, 2.24) is 0 Å². The molecule has 2 rings (SSSR count). The van der Waals surface area contributed by atoms with E-state index >= 15 is 0 Å². The van der Waals surface area contributed by atoms with Crippen molar-refractivity contribution in [3.8, 4) is 0 Å². The summed E-state index contributed by atoms with van der Waals surface area (Å²) in [6.07, 6.45) is 1.52. The molecule has 84 valence electrons. The molecule has 1 amide bonds. The molecule has 0 aromatic heterocycles. The van der Waals surface area contributed by atoms with Crippen LogP contribution in [0.5, 0.6) is 0 Å². The smallest absolute Gasteiger partial charge is 0.237 e. The molecule has 0 heterocycles. The van der Waals surface area contributed by atoms with Gasteiger partial charge in [0.15, 0.2) is 0 Å². The second kappa shape index (κ2) is 4.29. The van der Waals surface area contributed by atoms with E-state index in [0.717, 1.165) is 22.1 Å². The van der Waals surface area contributed by atoms with Crippen molar-refractivity contribution in [3.63, 3.8) is 0 Å². The maximum Gasteiger partial charge on any atom is 0.237 e. The van der Waals surface area contributed by atoms with E-state index in [4.69, 9.17) is 18.0 Å². The quantitative estimate of drug-likeness (QED) is 0.652. The number of carbonyl (C=O) groups is 1. The predicted octanol–water partition coefficient (Wildman–Crippen LogP) is 2.30. The van der Waals surface area contributed by atoms with Crippen molar-refractivity contribution in [1.29, 1.82) is 0 Å². The molecule has 3 N–H and O–H groups in total. The minimum Gasteiger partial charge on any atom is -0.392 e. The normalized spacial score (nSPS) is 16.6. The van der Waals surface area contributed by atoms with E-state index in [1.807, 2.05) is 24.3 Å². The van der Waals surface area contributed by atoms with Crippen LogP contribution >= 0.6 is 34.8 Å². The summed E-state index contributed by atoms with van der Waals surface area (Å²) in [5, 5.41) is 2.84. The molecule has 0 saturated heterocycles. The van der Waals surface area contributed by atoms with Gasteiger partial charge in [-0.15, -0.1) is 0 Å². The summed E-state index contributed by atoms with van der Waals surface area (Å²) in [4.78, 5) is 12.2. The maximum atomic E-state index is 11.9. The Balaban J connectivity index is 2.08. The molecule has 1 saturated carbocycles. The third-order valence-electron chi connectivity index (χ3n) is 2.76. The van der Waals surface area contributed by atoms with Crippen LogP contribution in [0, 0.1) is 8.99 Å². The van der Waals surface area contributed by atoms with Gasteiger partial charge in [-0.1, -0.05) is 12.2 Å². The van der Waals surface area contributed by atoms with E-state index < -0.39 is 5.41 Å². The number of nitrogens with two attached hydrogens (primary N) is 1. The van der Waals surface area contributed by atoms with Crippen molar-refractivity contribution in [2.75, 3.05) is 5.32 Å². The van der Waals surface area contributed by atoms with Crippen LogP contribution in [-0.4, -0.2) is 10.9 Å². The molecule has 1 aromatic rings. The Morgan fingerprint density at radius 1 is 1.38 bits per heavy atom. The molecule has 1 aliphatic rings. The van der Waals surface area contributed by atoms with Gasteiger partial charge >= 0.3 is 0 Å². The summed E-state index contributed by atoms with van der Waals surface area (Å²) in [5.74, 6) is -0.0822. The lowest BCUT2D eigenvalue weighted by Crippen LogP contribution is -2.34. The Bertz CT molecular complexity index is 440. The minimum absolute atomic E-state index is 0.0822.